The summed E-state index contributed by atoms with van der Waals surface area (Å²) in [6, 6.07) is 3.82. The Morgan fingerprint density at radius 3 is 2.80 bits per heavy atom. The van der Waals surface area contributed by atoms with Gasteiger partial charge in [0.1, 0.15) is 12.0 Å². The molecule has 1 aliphatic rings. The summed E-state index contributed by atoms with van der Waals surface area (Å²) < 4.78 is 32.5. The monoisotopic (exact) mass is 344 g/mol. The fraction of sp³-hybridized carbons (Fsp3) is 0.235. The van der Waals surface area contributed by atoms with Crippen LogP contribution in [-0.2, 0) is 0 Å². The van der Waals surface area contributed by atoms with E-state index in [0.29, 0.717) is 24.3 Å². The summed E-state index contributed by atoms with van der Waals surface area (Å²) >= 11 is 0. The Hall–Kier alpha value is -3.03. The van der Waals surface area contributed by atoms with Crippen molar-refractivity contribution in [1.29, 1.82) is 0 Å². The van der Waals surface area contributed by atoms with Gasteiger partial charge in [-0.3, -0.25) is 4.79 Å². The molecule has 3 aromatic rings. The van der Waals surface area contributed by atoms with Gasteiger partial charge < -0.3 is 14.4 Å². The normalized spacial score (nSPS) is 14.2. The number of amides is 1. The minimum absolute atomic E-state index is 0.0285. The number of likely N-dealkylation sites (tertiary alicyclic amines) is 1. The van der Waals surface area contributed by atoms with Gasteiger partial charge in [0.2, 0.25) is 0 Å². The van der Waals surface area contributed by atoms with Gasteiger partial charge in [0.15, 0.2) is 17.5 Å². The van der Waals surface area contributed by atoms with Crippen molar-refractivity contribution in [3.63, 3.8) is 0 Å². The van der Waals surface area contributed by atoms with Gasteiger partial charge in [0.25, 0.3) is 5.91 Å². The van der Waals surface area contributed by atoms with Gasteiger partial charge in [-0.2, -0.15) is 0 Å². The van der Waals surface area contributed by atoms with Crippen LogP contribution in [0.15, 0.2) is 35.2 Å². The van der Waals surface area contributed by atoms with Gasteiger partial charge in [-0.25, -0.2) is 13.8 Å². The lowest BCUT2D eigenvalue weighted by molar-refractivity contribution is 0.0782. The van der Waals surface area contributed by atoms with Crippen LogP contribution in [0.1, 0.15) is 23.5 Å². The van der Waals surface area contributed by atoms with E-state index in [1.54, 1.807) is 4.90 Å². The van der Waals surface area contributed by atoms with E-state index in [1.165, 1.54) is 24.6 Å². The van der Waals surface area contributed by atoms with Crippen LogP contribution in [0.2, 0.25) is 0 Å². The lowest BCUT2D eigenvalue weighted by Crippen LogP contribution is -2.28. The highest BCUT2D eigenvalue weighted by Gasteiger charge is 2.24. The quantitative estimate of drug-likeness (QED) is 0.791. The minimum atomic E-state index is -1.01. The molecule has 1 N–H and O–H groups in total. The smallest absolute Gasteiger partial charge is 0.289 e. The summed E-state index contributed by atoms with van der Waals surface area (Å²) in [6.07, 6.45) is 4.78. The van der Waals surface area contributed by atoms with Crippen LogP contribution in [0.25, 0.3) is 22.5 Å². The van der Waals surface area contributed by atoms with E-state index in [2.05, 4.69) is 15.1 Å². The lowest BCUT2D eigenvalue weighted by atomic mass is 10.1. The molecule has 128 valence electrons. The van der Waals surface area contributed by atoms with Gasteiger partial charge in [-0.15, -0.1) is 0 Å². The first-order valence-corrected chi connectivity index (χ1v) is 7.89. The molecule has 0 saturated carbocycles. The predicted molar refractivity (Wildman–Crippen MR) is 84.6 cm³/mol. The first kappa shape index (κ1) is 15.5. The van der Waals surface area contributed by atoms with Crippen molar-refractivity contribution < 1.29 is 18.1 Å². The molecule has 0 atom stereocenters. The highest BCUT2D eigenvalue weighted by molar-refractivity contribution is 5.92. The second-order valence-electron chi connectivity index (χ2n) is 5.81. The number of aromatic nitrogens is 3. The number of aromatic amines is 1. The molecule has 0 radical (unpaired) electrons. The Labute approximate surface area is 141 Å². The van der Waals surface area contributed by atoms with E-state index < -0.39 is 11.6 Å². The van der Waals surface area contributed by atoms with E-state index in [1.807, 2.05) is 0 Å². The van der Waals surface area contributed by atoms with Gasteiger partial charge >= 0.3 is 0 Å². The number of hydrogen-bond acceptors (Lipinski definition) is 4. The summed E-state index contributed by atoms with van der Waals surface area (Å²) in [4.78, 5) is 21.2. The maximum absolute atomic E-state index is 14.1. The third-order valence-electron chi connectivity index (χ3n) is 4.23. The number of nitrogens with one attached hydrogen (secondary N) is 1. The second kappa shape index (κ2) is 6.12. The van der Waals surface area contributed by atoms with E-state index in [-0.39, 0.29) is 23.0 Å². The van der Waals surface area contributed by atoms with Gasteiger partial charge in [-0.05, 0) is 25.0 Å². The highest BCUT2D eigenvalue weighted by Crippen LogP contribution is 2.32. The van der Waals surface area contributed by atoms with Crippen LogP contribution >= 0.6 is 0 Å². The number of rotatable bonds is 3. The lowest BCUT2D eigenvalue weighted by Gasteiger charge is -2.12. The summed E-state index contributed by atoms with van der Waals surface area (Å²) in [5, 5.41) is 3.77. The summed E-state index contributed by atoms with van der Waals surface area (Å²) in [6.45, 7) is 1.42. The van der Waals surface area contributed by atoms with Gasteiger partial charge in [-0.1, -0.05) is 11.2 Å². The predicted octanol–water partition coefficient (Wildman–Crippen LogP) is 3.25. The topological polar surface area (TPSA) is 75.0 Å². The van der Waals surface area contributed by atoms with E-state index in [0.717, 1.165) is 18.9 Å². The van der Waals surface area contributed by atoms with Crippen molar-refractivity contribution in [1.82, 2.24) is 20.0 Å². The molecule has 1 aliphatic heterocycles. The van der Waals surface area contributed by atoms with Crippen LogP contribution in [-0.4, -0.2) is 39.0 Å². The number of carbonyl (C=O) groups excluding carboxylic acids is 1. The van der Waals surface area contributed by atoms with E-state index >= 15 is 0 Å². The van der Waals surface area contributed by atoms with E-state index in [4.69, 9.17) is 4.52 Å². The van der Waals surface area contributed by atoms with Crippen LogP contribution in [0.4, 0.5) is 8.78 Å². The molecule has 25 heavy (non-hydrogen) atoms. The molecule has 1 aromatic carbocycles. The zero-order chi connectivity index (χ0) is 17.4. The maximum Gasteiger partial charge on any atom is 0.289 e. The van der Waals surface area contributed by atoms with Crippen molar-refractivity contribution >= 4 is 5.91 Å². The van der Waals surface area contributed by atoms with Crippen LogP contribution in [0.5, 0.6) is 0 Å². The molecule has 1 saturated heterocycles. The number of nitrogens with zero attached hydrogens (tertiary/aromatic N) is 3. The molecular weight excluding hydrogens is 330 g/mol. The minimum Gasteiger partial charge on any atom is -0.363 e. The number of carbonyl (C=O) groups is 1. The van der Waals surface area contributed by atoms with Crippen molar-refractivity contribution in [3.05, 3.63) is 48.1 Å². The maximum atomic E-state index is 14.1. The molecular formula is C17H14F2N4O2. The van der Waals surface area contributed by atoms with Crippen LogP contribution < -0.4 is 0 Å². The van der Waals surface area contributed by atoms with Crippen molar-refractivity contribution in [3.8, 4) is 22.5 Å². The molecule has 8 heteroatoms. The zero-order valence-electron chi connectivity index (χ0n) is 13.1. The Kier molecular flexibility index (Phi) is 3.79. The van der Waals surface area contributed by atoms with Gasteiger partial charge in [0.05, 0.1) is 11.3 Å². The Morgan fingerprint density at radius 2 is 2.00 bits per heavy atom. The van der Waals surface area contributed by atoms with Crippen molar-refractivity contribution in [2.75, 3.05) is 13.1 Å². The fourth-order valence-electron chi connectivity index (χ4n) is 2.94. The SMILES string of the molecule is O=C(c1nc(-c2conc2-c2cccc(F)c2F)c[nH]1)N1CCCC1. The number of H-pyrrole nitrogens is 1. The molecule has 4 rings (SSSR count). The van der Waals surface area contributed by atoms with Crippen LogP contribution in [0.3, 0.4) is 0 Å². The van der Waals surface area contributed by atoms with Gasteiger partial charge in [0, 0.05) is 24.8 Å². The Morgan fingerprint density at radius 1 is 1.20 bits per heavy atom. The fourth-order valence-corrected chi connectivity index (χ4v) is 2.94. The first-order valence-electron chi connectivity index (χ1n) is 7.89. The molecule has 6 nitrogen and oxygen atoms in total. The Bertz CT molecular complexity index is 928. The average Bonchev–Trinajstić information content (AvgIpc) is 3.37. The molecule has 2 aromatic heterocycles. The highest BCUT2D eigenvalue weighted by atomic mass is 19.2. The number of imidazole rings is 1. The molecule has 1 fully saturated rings. The number of halogens is 2. The first-order chi connectivity index (χ1) is 12.1. The third kappa shape index (κ3) is 2.69. The summed E-state index contributed by atoms with van der Waals surface area (Å²) in [5.41, 5.74) is 0.853. The molecule has 1 amide bonds. The number of hydrogen-bond donors (Lipinski definition) is 1. The summed E-state index contributed by atoms with van der Waals surface area (Å²) in [5.74, 6) is -1.97. The molecule has 0 aliphatic carbocycles. The Balaban J connectivity index is 1.69. The van der Waals surface area contributed by atoms with Crippen molar-refractivity contribution in [2.24, 2.45) is 0 Å². The number of benzene rings is 1. The average molecular weight is 344 g/mol. The van der Waals surface area contributed by atoms with Crippen LogP contribution in [0, 0.1) is 11.6 Å². The van der Waals surface area contributed by atoms with Crippen molar-refractivity contribution in [2.45, 2.75) is 12.8 Å². The molecule has 3 heterocycles. The standard InChI is InChI=1S/C17H14F2N4O2/c18-12-5-3-4-10(14(12)19)15-11(9-25-22-15)13-8-20-16(21-13)17(24)23-6-1-2-7-23/h3-5,8-9H,1-2,6-7H2,(H,20,21). The largest absolute Gasteiger partial charge is 0.363 e. The summed E-state index contributed by atoms with van der Waals surface area (Å²) in [7, 11) is 0. The third-order valence-corrected chi connectivity index (χ3v) is 4.23. The molecule has 0 unspecified atom stereocenters. The second-order valence-corrected chi connectivity index (χ2v) is 5.81. The zero-order valence-corrected chi connectivity index (χ0v) is 13.1. The molecule has 0 bridgehead atoms. The van der Waals surface area contributed by atoms with E-state index in [9.17, 15) is 13.6 Å². The molecule has 0 spiro atoms.